The fourth-order valence-electron chi connectivity index (χ4n) is 5.46. The van der Waals surface area contributed by atoms with Crippen molar-refractivity contribution >= 4 is 22.9 Å². The summed E-state index contributed by atoms with van der Waals surface area (Å²) in [6.45, 7) is 6.74. The molecular weight excluding hydrogens is 520 g/mol. The lowest BCUT2D eigenvalue weighted by Gasteiger charge is -2.34. The van der Waals surface area contributed by atoms with Crippen LogP contribution in [0.5, 0.6) is 0 Å². The Morgan fingerprint density at radius 2 is 1.93 bits per heavy atom. The van der Waals surface area contributed by atoms with Crippen molar-refractivity contribution in [1.82, 2.24) is 34.1 Å². The Balaban J connectivity index is 1.35. The molecule has 0 bridgehead atoms. The SMILES string of the molecule is C=CCC(C)C(=O)N1CCCC(n2c(=O)n(-c3ccc(-c4noc(-c5ccccc5)n4)cc3)c3c(N)ncnc32)C1. The fraction of sp³-hybridized carbons (Fsp3) is 0.267. The predicted molar refractivity (Wildman–Crippen MR) is 155 cm³/mol. The second kappa shape index (κ2) is 10.8. The van der Waals surface area contributed by atoms with E-state index in [1.165, 1.54) is 10.9 Å². The number of benzene rings is 2. The van der Waals surface area contributed by atoms with Gasteiger partial charge in [0.1, 0.15) is 11.8 Å². The first kappa shape index (κ1) is 26.2. The number of carbonyl (C=O) groups excluding carboxylic acids is 1. The smallest absolute Gasteiger partial charge is 0.335 e. The van der Waals surface area contributed by atoms with Gasteiger partial charge in [0.05, 0.1) is 11.7 Å². The predicted octanol–water partition coefficient (Wildman–Crippen LogP) is 4.26. The molecule has 11 heteroatoms. The van der Waals surface area contributed by atoms with Crippen LogP contribution in [-0.4, -0.2) is 53.1 Å². The highest BCUT2D eigenvalue weighted by Crippen LogP contribution is 2.29. The van der Waals surface area contributed by atoms with Gasteiger partial charge in [0.2, 0.25) is 11.7 Å². The van der Waals surface area contributed by atoms with Crippen molar-refractivity contribution in [3.05, 3.63) is 84.1 Å². The van der Waals surface area contributed by atoms with E-state index in [-0.39, 0.29) is 29.4 Å². The number of nitrogens with zero attached hydrogens (tertiary/aromatic N) is 7. The van der Waals surface area contributed by atoms with Crippen molar-refractivity contribution in [3.63, 3.8) is 0 Å². The van der Waals surface area contributed by atoms with E-state index in [0.717, 1.165) is 24.0 Å². The van der Waals surface area contributed by atoms with E-state index in [9.17, 15) is 9.59 Å². The van der Waals surface area contributed by atoms with E-state index in [4.69, 9.17) is 10.3 Å². The summed E-state index contributed by atoms with van der Waals surface area (Å²) in [5, 5.41) is 4.12. The van der Waals surface area contributed by atoms with Crippen molar-refractivity contribution in [3.8, 4) is 28.5 Å². The van der Waals surface area contributed by atoms with Crippen LogP contribution in [0.3, 0.4) is 0 Å². The van der Waals surface area contributed by atoms with Crippen LogP contribution in [-0.2, 0) is 4.79 Å². The molecule has 1 amide bonds. The third-order valence-electron chi connectivity index (χ3n) is 7.53. The molecule has 5 aromatic rings. The van der Waals surface area contributed by atoms with Gasteiger partial charge in [0.25, 0.3) is 5.89 Å². The number of aromatic nitrogens is 6. The molecule has 11 nitrogen and oxygen atoms in total. The van der Waals surface area contributed by atoms with Crippen molar-refractivity contribution in [2.24, 2.45) is 5.92 Å². The Morgan fingerprint density at radius 3 is 2.68 bits per heavy atom. The lowest BCUT2D eigenvalue weighted by molar-refractivity contribution is -0.136. The summed E-state index contributed by atoms with van der Waals surface area (Å²) < 4.78 is 8.64. The number of nitrogens with two attached hydrogens (primary N) is 1. The number of amides is 1. The maximum Gasteiger partial charge on any atom is 0.335 e. The minimum absolute atomic E-state index is 0.0630. The van der Waals surface area contributed by atoms with Gasteiger partial charge in [-0.2, -0.15) is 4.98 Å². The number of hydrogen-bond acceptors (Lipinski definition) is 8. The average Bonchev–Trinajstić information content (AvgIpc) is 3.61. The topological polar surface area (TPSA) is 138 Å². The van der Waals surface area contributed by atoms with Crippen molar-refractivity contribution in [2.45, 2.75) is 32.2 Å². The molecular formula is C30H30N8O3. The molecule has 1 fully saturated rings. The highest BCUT2D eigenvalue weighted by molar-refractivity contribution is 5.84. The van der Waals surface area contributed by atoms with Gasteiger partial charge in [0.15, 0.2) is 11.5 Å². The van der Waals surface area contributed by atoms with E-state index in [0.29, 0.717) is 48.1 Å². The van der Waals surface area contributed by atoms with Gasteiger partial charge in [-0.25, -0.2) is 14.8 Å². The molecule has 1 aliphatic rings. The summed E-state index contributed by atoms with van der Waals surface area (Å²) >= 11 is 0. The quantitative estimate of drug-likeness (QED) is 0.297. The first-order valence-corrected chi connectivity index (χ1v) is 13.6. The van der Waals surface area contributed by atoms with Gasteiger partial charge in [-0.3, -0.25) is 13.9 Å². The minimum Gasteiger partial charge on any atom is -0.382 e. The second-order valence-corrected chi connectivity index (χ2v) is 10.3. The average molecular weight is 551 g/mol. The number of likely N-dealkylation sites (tertiary alicyclic amines) is 1. The number of fused-ring (bicyclic) bond motifs is 1. The van der Waals surface area contributed by atoms with Gasteiger partial charge >= 0.3 is 5.69 Å². The first-order valence-electron chi connectivity index (χ1n) is 13.6. The standard InChI is InChI=1S/C30H30N8O3/c1-3-8-19(2)29(39)36-16-7-11-23(17-36)38-27-24(25(31)32-18-33-27)37(30(38)40)22-14-12-20(13-15-22)26-34-28(41-35-26)21-9-5-4-6-10-21/h3-6,9-10,12-15,18-19,23H,1,7-8,11,16-17H2,2H3,(H2,31,32,33). The van der Waals surface area contributed by atoms with Crippen LogP contribution in [0.1, 0.15) is 32.2 Å². The summed E-state index contributed by atoms with van der Waals surface area (Å²) in [5.41, 5.74) is 9.04. The monoisotopic (exact) mass is 550 g/mol. The van der Waals surface area contributed by atoms with E-state index < -0.39 is 0 Å². The highest BCUT2D eigenvalue weighted by Gasteiger charge is 2.31. The first-order chi connectivity index (χ1) is 20.0. The molecule has 2 unspecified atom stereocenters. The zero-order valence-electron chi connectivity index (χ0n) is 22.7. The molecule has 0 aliphatic carbocycles. The molecule has 208 valence electrons. The van der Waals surface area contributed by atoms with Gasteiger partial charge < -0.3 is 15.2 Å². The molecule has 0 spiro atoms. The molecule has 2 aromatic carbocycles. The van der Waals surface area contributed by atoms with Crippen LogP contribution in [0.4, 0.5) is 5.82 Å². The molecule has 2 N–H and O–H groups in total. The molecule has 1 saturated heterocycles. The van der Waals surface area contributed by atoms with Gasteiger partial charge in [-0.1, -0.05) is 36.4 Å². The molecule has 0 radical (unpaired) electrons. The zero-order chi connectivity index (χ0) is 28.5. The van der Waals surface area contributed by atoms with Gasteiger partial charge in [-0.15, -0.1) is 6.58 Å². The van der Waals surface area contributed by atoms with Crippen LogP contribution in [0, 0.1) is 5.92 Å². The maximum atomic E-state index is 14.0. The number of piperidine rings is 1. The van der Waals surface area contributed by atoms with Crippen LogP contribution >= 0.6 is 0 Å². The molecule has 3 aromatic heterocycles. The van der Waals surface area contributed by atoms with Crippen LogP contribution in [0.2, 0.25) is 0 Å². The third-order valence-corrected chi connectivity index (χ3v) is 7.53. The van der Waals surface area contributed by atoms with Crippen LogP contribution in [0.25, 0.3) is 39.7 Å². The van der Waals surface area contributed by atoms with E-state index in [2.05, 4.69) is 26.7 Å². The zero-order valence-corrected chi connectivity index (χ0v) is 22.7. The number of allylic oxidation sites excluding steroid dienone is 1. The number of nitrogen functional groups attached to an aromatic ring is 1. The molecule has 0 saturated carbocycles. The Hall–Kier alpha value is -5.06. The normalized spacial score (nSPS) is 16.1. The summed E-state index contributed by atoms with van der Waals surface area (Å²) in [6, 6.07) is 16.6. The Morgan fingerprint density at radius 1 is 1.15 bits per heavy atom. The molecule has 6 rings (SSSR count). The van der Waals surface area contributed by atoms with Crippen molar-refractivity contribution in [1.29, 1.82) is 0 Å². The summed E-state index contributed by atoms with van der Waals surface area (Å²) in [6.07, 6.45) is 5.24. The Labute approximate surface area is 235 Å². The van der Waals surface area contributed by atoms with Crippen molar-refractivity contribution < 1.29 is 9.32 Å². The molecule has 2 atom stereocenters. The van der Waals surface area contributed by atoms with Crippen LogP contribution < -0.4 is 11.4 Å². The highest BCUT2D eigenvalue weighted by atomic mass is 16.5. The number of hydrogen-bond donors (Lipinski definition) is 1. The number of carbonyl (C=O) groups is 1. The third kappa shape index (κ3) is 4.79. The second-order valence-electron chi connectivity index (χ2n) is 10.3. The Kier molecular flexibility index (Phi) is 6.92. The van der Waals surface area contributed by atoms with Crippen LogP contribution in [0.15, 0.2) is 82.9 Å². The minimum atomic E-state index is -0.288. The lowest BCUT2D eigenvalue weighted by atomic mass is 10.0. The van der Waals surface area contributed by atoms with E-state index in [1.807, 2.05) is 54.3 Å². The number of anilines is 1. The summed E-state index contributed by atoms with van der Waals surface area (Å²) in [4.78, 5) is 42.0. The van der Waals surface area contributed by atoms with Gasteiger partial charge in [0, 0.05) is 30.1 Å². The fourth-order valence-corrected chi connectivity index (χ4v) is 5.46. The van der Waals surface area contributed by atoms with Gasteiger partial charge in [-0.05, 0) is 55.7 Å². The van der Waals surface area contributed by atoms with E-state index >= 15 is 0 Å². The molecule has 41 heavy (non-hydrogen) atoms. The largest absolute Gasteiger partial charge is 0.382 e. The van der Waals surface area contributed by atoms with E-state index in [1.54, 1.807) is 22.8 Å². The number of imidazole rings is 1. The number of rotatable bonds is 7. The lowest BCUT2D eigenvalue weighted by Crippen LogP contribution is -2.44. The van der Waals surface area contributed by atoms with Crippen molar-refractivity contribution in [2.75, 3.05) is 18.8 Å². The molecule has 1 aliphatic heterocycles. The Bertz CT molecular complexity index is 1770. The summed E-state index contributed by atoms with van der Waals surface area (Å²) in [5.74, 6) is 0.958. The maximum absolute atomic E-state index is 14.0. The summed E-state index contributed by atoms with van der Waals surface area (Å²) in [7, 11) is 0. The molecule has 4 heterocycles.